The molecule has 10 heteroatoms. The number of ether oxygens (including phenoxy) is 3. The highest BCUT2D eigenvalue weighted by Crippen LogP contribution is 2.46. The Morgan fingerprint density at radius 3 is 2.55 bits per heavy atom. The predicted molar refractivity (Wildman–Crippen MR) is 147 cm³/mol. The van der Waals surface area contributed by atoms with Crippen molar-refractivity contribution in [1.29, 1.82) is 0 Å². The van der Waals surface area contributed by atoms with Gasteiger partial charge in [-0.2, -0.15) is 0 Å². The lowest BCUT2D eigenvalue weighted by atomic mass is 9.97. The number of rotatable bonds is 6. The molecular weight excluding hydrogens is 539 g/mol. The quantitative estimate of drug-likeness (QED) is 0.418. The van der Waals surface area contributed by atoms with Gasteiger partial charge in [0.2, 0.25) is 0 Å². The zero-order valence-electron chi connectivity index (χ0n) is 21.9. The van der Waals surface area contributed by atoms with Crippen molar-refractivity contribution < 1.29 is 33.3 Å². The zero-order valence-corrected chi connectivity index (χ0v) is 22.7. The van der Waals surface area contributed by atoms with E-state index in [2.05, 4.69) is 0 Å². The molecule has 208 valence electrons. The first-order valence-corrected chi connectivity index (χ1v) is 13.5. The maximum Gasteiger partial charge on any atom is 0.337 e. The van der Waals surface area contributed by atoms with Crippen LogP contribution in [0.4, 0.5) is 10.1 Å². The van der Waals surface area contributed by atoms with Gasteiger partial charge in [0.25, 0.3) is 5.91 Å². The van der Waals surface area contributed by atoms with E-state index in [-0.39, 0.29) is 30.3 Å². The van der Waals surface area contributed by atoms with Crippen molar-refractivity contribution >= 4 is 29.2 Å². The summed E-state index contributed by atoms with van der Waals surface area (Å²) in [6.07, 6.45) is 2.09. The number of carbonyl (C=O) groups is 2. The number of carboxylic acid groups (broad SMARTS) is 1. The van der Waals surface area contributed by atoms with E-state index in [0.717, 1.165) is 24.5 Å². The number of anilines is 1. The second kappa shape index (κ2) is 10.6. The standard InChI is InChI=1S/C30H28ClFN2O6/c1-38-27-14-24(31)22(11-20(27)17-5-6-17)29(35)34-15-18-3-2-4-19(28(18)40-16-34)21-13-26(33-7-9-39-10-8-33)23(30(36)37)12-25(21)32/h2-4,11-14,17H,5-10,15-16H2,1H3,(H,36,37). The summed E-state index contributed by atoms with van der Waals surface area (Å²) in [4.78, 5) is 28.9. The molecule has 1 saturated carbocycles. The molecule has 3 aromatic rings. The number of nitrogens with zero attached hydrogens (tertiary/aromatic N) is 2. The first-order valence-electron chi connectivity index (χ1n) is 13.2. The molecule has 1 aliphatic carbocycles. The molecule has 40 heavy (non-hydrogen) atoms. The highest BCUT2D eigenvalue weighted by atomic mass is 35.5. The van der Waals surface area contributed by atoms with Crippen molar-refractivity contribution in [3.8, 4) is 22.6 Å². The Kier molecular flexibility index (Phi) is 7.02. The second-order valence-electron chi connectivity index (χ2n) is 10.2. The lowest BCUT2D eigenvalue weighted by Gasteiger charge is -2.32. The number of aromatic carboxylic acids is 1. The van der Waals surface area contributed by atoms with Gasteiger partial charge >= 0.3 is 5.97 Å². The molecule has 1 amide bonds. The van der Waals surface area contributed by atoms with Crippen molar-refractivity contribution in [2.24, 2.45) is 0 Å². The maximum atomic E-state index is 15.4. The molecule has 0 atom stereocenters. The molecule has 1 N–H and O–H groups in total. The highest BCUT2D eigenvalue weighted by molar-refractivity contribution is 6.34. The molecule has 3 aromatic carbocycles. The highest BCUT2D eigenvalue weighted by Gasteiger charge is 2.32. The number of para-hydroxylation sites is 1. The third-order valence-corrected chi connectivity index (χ3v) is 7.95. The van der Waals surface area contributed by atoms with Crippen molar-refractivity contribution in [2.45, 2.75) is 25.3 Å². The molecule has 8 nitrogen and oxygen atoms in total. The van der Waals surface area contributed by atoms with Crippen molar-refractivity contribution in [1.82, 2.24) is 4.90 Å². The van der Waals surface area contributed by atoms with Gasteiger partial charge in [-0.05, 0) is 48.6 Å². The van der Waals surface area contributed by atoms with Crippen LogP contribution in [0.15, 0.2) is 42.5 Å². The van der Waals surface area contributed by atoms with Crippen molar-refractivity contribution in [3.05, 3.63) is 75.6 Å². The van der Waals surface area contributed by atoms with Gasteiger partial charge in [0.15, 0.2) is 6.73 Å². The summed E-state index contributed by atoms with van der Waals surface area (Å²) in [6, 6.07) is 11.5. The predicted octanol–water partition coefficient (Wildman–Crippen LogP) is 5.56. The summed E-state index contributed by atoms with van der Waals surface area (Å²) in [5, 5.41) is 10.1. The Morgan fingerprint density at radius 2 is 1.85 bits per heavy atom. The minimum absolute atomic E-state index is 0.0465. The monoisotopic (exact) mass is 566 g/mol. The van der Waals surface area contributed by atoms with Crippen LogP contribution in [0.2, 0.25) is 5.02 Å². The van der Waals surface area contributed by atoms with Gasteiger partial charge in [-0.1, -0.05) is 29.8 Å². The molecule has 0 radical (unpaired) electrons. The van der Waals surface area contributed by atoms with E-state index in [1.807, 2.05) is 17.0 Å². The smallest absolute Gasteiger partial charge is 0.337 e. The van der Waals surface area contributed by atoms with Crippen LogP contribution in [0.3, 0.4) is 0 Å². The molecular formula is C30H28ClFN2O6. The fourth-order valence-corrected chi connectivity index (χ4v) is 5.65. The van der Waals surface area contributed by atoms with E-state index in [4.69, 9.17) is 25.8 Å². The van der Waals surface area contributed by atoms with Gasteiger partial charge in [0, 0.05) is 29.8 Å². The molecule has 0 aromatic heterocycles. The lowest BCUT2D eigenvalue weighted by molar-refractivity contribution is 0.0515. The first-order chi connectivity index (χ1) is 19.4. The number of carbonyl (C=O) groups excluding carboxylic acids is 1. The van der Waals surface area contributed by atoms with Crippen LogP contribution < -0.4 is 14.4 Å². The van der Waals surface area contributed by atoms with Crippen LogP contribution in [0.1, 0.15) is 50.6 Å². The average Bonchev–Trinajstić information content (AvgIpc) is 3.82. The number of hydrogen-bond donors (Lipinski definition) is 1. The normalized spacial score (nSPS) is 16.8. The van der Waals surface area contributed by atoms with Crippen LogP contribution in [0, 0.1) is 5.82 Å². The number of carboxylic acids is 1. The SMILES string of the molecule is COc1cc(Cl)c(C(=O)N2COc3c(cccc3-c3cc(N4CCOCC4)c(C(=O)O)cc3F)C2)cc1C1CC1. The molecule has 3 aliphatic rings. The van der Waals surface area contributed by atoms with E-state index in [0.29, 0.717) is 71.1 Å². The Labute approximate surface area is 235 Å². The number of amides is 1. The summed E-state index contributed by atoms with van der Waals surface area (Å²) in [6.45, 7) is 2.12. The van der Waals surface area contributed by atoms with Gasteiger partial charge in [-0.25, -0.2) is 9.18 Å². The topological polar surface area (TPSA) is 88.5 Å². The van der Waals surface area contributed by atoms with E-state index in [1.54, 1.807) is 36.3 Å². The number of fused-ring (bicyclic) bond motifs is 1. The number of methoxy groups -OCH3 is 1. The van der Waals surface area contributed by atoms with E-state index in [1.165, 1.54) is 0 Å². The largest absolute Gasteiger partial charge is 0.496 e. The number of morpholine rings is 1. The van der Waals surface area contributed by atoms with Crippen LogP contribution in [0.5, 0.6) is 11.5 Å². The van der Waals surface area contributed by atoms with E-state index >= 15 is 4.39 Å². The summed E-state index contributed by atoms with van der Waals surface area (Å²) in [5.74, 6) is -0.624. The summed E-state index contributed by atoms with van der Waals surface area (Å²) >= 11 is 6.49. The Bertz CT molecular complexity index is 1500. The summed E-state index contributed by atoms with van der Waals surface area (Å²) in [7, 11) is 1.59. The third kappa shape index (κ3) is 4.84. The van der Waals surface area contributed by atoms with Crippen molar-refractivity contribution in [2.75, 3.05) is 45.0 Å². The van der Waals surface area contributed by atoms with Crippen molar-refractivity contribution in [3.63, 3.8) is 0 Å². The Morgan fingerprint density at radius 1 is 1.07 bits per heavy atom. The Hall–Kier alpha value is -3.82. The molecule has 2 aliphatic heterocycles. The zero-order chi connectivity index (χ0) is 28.0. The van der Waals surface area contributed by atoms with E-state index < -0.39 is 11.8 Å². The van der Waals surface area contributed by atoms with E-state index in [9.17, 15) is 14.7 Å². The average molecular weight is 567 g/mol. The second-order valence-corrected chi connectivity index (χ2v) is 10.6. The van der Waals surface area contributed by atoms with Crippen LogP contribution in [-0.4, -0.2) is 62.0 Å². The molecule has 6 rings (SSSR count). The minimum atomic E-state index is -1.20. The van der Waals surface area contributed by atoms with Gasteiger partial charge < -0.3 is 29.1 Å². The lowest BCUT2D eigenvalue weighted by Crippen LogP contribution is -2.37. The molecule has 0 unspecified atom stereocenters. The molecule has 1 saturated heterocycles. The summed E-state index contributed by atoms with van der Waals surface area (Å²) < 4.78 is 32.4. The van der Waals surface area contributed by atoms with Gasteiger partial charge in [0.05, 0.1) is 48.7 Å². The van der Waals surface area contributed by atoms with Gasteiger partial charge in [-0.15, -0.1) is 0 Å². The number of hydrogen-bond acceptors (Lipinski definition) is 6. The van der Waals surface area contributed by atoms with Crippen LogP contribution >= 0.6 is 11.6 Å². The summed E-state index contributed by atoms with van der Waals surface area (Å²) in [5.41, 5.74) is 3.12. The molecule has 2 heterocycles. The minimum Gasteiger partial charge on any atom is -0.496 e. The molecule has 0 spiro atoms. The third-order valence-electron chi connectivity index (χ3n) is 7.63. The molecule has 2 fully saturated rings. The fraction of sp³-hybridized carbons (Fsp3) is 0.333. The number of benzene rings is 3. The first kappa shape index (κ1) is 26.4. The number of halogens is 2. The van der Waals surface area contributed by atoms with Crippen LogP contribution in [0.25, 0.3) is 11.1 Å². The Balaban J connectivity index is 1.32. The molecule has 0 bridgehead atoms. The van der Waals surface area contributed by atoms with Gasteiger partial charge in [0.1, 0.15) is 17.3 Å². The van der Waals surface area contributed by atoms with Gasteiger partial charge in [-0.3, -0.25) is 4.79 Å². The maximum absolute atomic E-state index is 15.4. The fourth-order valence-electron chi connectivity index (χ4n) is 5.42. The van der Waals surface area contributed by atoms with Crippen LogP contribution in [-0.2, 0) is 11.3 Å².